The summed E-state index contributed by atoms with van der Waals surface area (Å²) in [5.41, 5.74) is 2.53. The van der Waals surface area contributed by atoms with Crippen LogP contribution in [0.4, 0.5) is 5.69 Å². The first-order chi connectivity index (χ1) is 8.65. The fourth-order valence-corrected chi connectivity index (χ4v) is 2.17. The molecular weight excluding hydrogens is 226 g/mol. The number of hydrogen-bond acceptors (Lipinski definition) is 3. The van der Waals surface area contributed by atoms with E-state index >= 15 is 0 Å². The van der Waals surface area contributed by atoms with Crippen LogP contribution >= 0.6 is 0 Å². The highest BCUT2D eigenvalue weighted by Crippen LogP contribution is 2.14. The summed E-state index contributed by atoms with van der Waals surface area (Å²) in [6.45, 7) is 1.33. The summed E-state index contributed by atoms with van der Waals surface area (Å²) < 4.78 is 0. The van der Waals surface area contributed by atoms with Gasteiger partial charge in [0.05, 0.1) is 6.54 Å². The lowest BCUT2D eigenvalue weighted by Gasteiger charge is -2.24. The first kappa shape index (κ1) is 12.9. The van der Waals surface area contributed by atoms with E-state index < -0.39 is 0 Å². The van der Waals surface area contributed by atoms with E-state index in [9.17, 15) is 4.79 Å². The van der Waals surface area contributed by atoms with Crippen molar-refractivity contribution in [1.29, 1.82) is 0 Å². The summed E-state index contributed by atoms with van der Waals surface area (Å²) in [7, 11) is 4.08. The summed E-state index contributed by atoms with van der Waals surface area (Å²) in [5.74, 6) is 0.106. The molecule has 0 spiro atoms. The molecule has 1 fully saturated rings. The average Bonchev–Trinajstić information content (AvgIpc) is 2.37. The first-order valence-electron chi connectivity index (χ1n) is 6.41. The number of amides is 1. The smallest absolute Gasteiger partial charge is 0.234 e. The quantitative estimate of drug-likeness (QED) is 0.826. The van der Waals surface area contributed by atoms with Gasteiger partial charge >= 0.3 is 0 Å². The van der Waals surface area contributed by atoms with Gasteiger partial charge in [-0.2, -0.15) is 0 Å². The maximum Gasteiger partial charge on any atom is 0.234 e. The molecule has 1 saturated heterocycles. The molecule has 4 heteroatoms. The molecule has 1 aliphatic rings. The van der Waals surface area contributed by atoms with E-state index in [2.05, 4.69) is 39.8 Å². The summed E-state index contributed by atoms with van der Waals surface area (Å²) in [4.78, 5) is 13.3. The van der Waals surface area contributed by atoms with E-state index in [1.54, 1.807) is 0 Å². The Morgan fingerprint density at radius 3 is 2.61 bits per heavy atom. The highest BCUT2D eigenvalue weighted by molar-refractivity contribution is 5.79. The fourth-order valence-electron chi connectivity index (χ4n) is 2.17. The molecule has 2 rings (SSSR count). The van der Waals surface area contributed by atoms with Gasteiger partial charge in [-0.15, -0.1) is 0 Å². The lowest BCUT2D eigenvalue weighted by molar-refractivity contribution is -0.122. The fraction of sp³-hybridized carbons (Fsp3) is 0.500. The second-order valence-corrected chi connectivity index (χ2v) is 4.99. The predicted molar refractivity (Wildman–Crippen MR) is 73.9 cm³/mol. The Kier molecular flexibility index (Phi) is 4.20. The molecule has 1 amide bonds. The lowest BCUT2D eigenvalue weighted by Crippen LogP contribution is -2.52. The van der Waals surface area contributed by atoms with E-state index in [0.29, 0.717) is 6.54 Å². The Morgan fingerprint density at radius 1 is 1.28 bits per heavy atom. The third kappa shape index (κ3) is 3.47. The number of nitrogens with zero attached hydrogens (tertiary/aromatic N) is 1. The molecule has 0 saturated carbocycles. The minimum absolute atomic E-state index is 0.106. The normalized spacial score (nSPS) is 19.4. The molecule has 98 valence electrons. The van der Waals surface area contributed by atoms with Crippen molar-refractivity contribution in [2.75, 3.05) is 32.1 Å². The maximum atomic E-state index is 11.2. The zero-order valence-corrected chi connectivity index (χ0v) is 11.1. The van der Waals surface area contributed by atoms with Gasteiger partial charge in [0.15, 0.2) is 0 Å². The molecular formula is C14H21N3O. The summed E-state index contributed by atoms with van der Waals surface area (Å²) in [5, 5.41) is 6.13. The number of aryl methyl sites for hydroxylation is 1. The molecule has 0 radical (unpaired) electrons. The third-order valence-electron chi connectivity index (χ3n) is 3.28. The number of hydrogen-bond donors (Lipinski definition) is 2. The van der Waals surface area contributed by atoms with Gasteiger partial charge in [-0.3, -0.25) is 4.79 Å². The van der Waals surface area contributed by atoms with Crippen LogP contribution in [0.25, 0.3) is 0 Å². The number of benzene rings is 1. The van der Waals surface area contributed by atoms with Crippen LogP contribution in [-0.2, 0) is 11.2 Å². The van der Waals surface area contributed by atoms with Crippen molar-refractivity contribution in [2.45, 2.75) is 18.9 Å². The van der Waals surface area contributed by atoms with Gasteiger partial charge < -0.3 is 15.5 Å². The number of carbonyl (C=O) groups excluding carboxylic acids is 1. The van der Waals surface area contributed by atoms with E-state index in [1.165, 1.54) is 11.3 Å². The minimum Gasteiger partial charge on any atom is -0.378 e. The predicted octanol–water partition coefficient (Wildman–Crippen LogP) is 0.773. The first-order valence-corrected chi connectivity index (χ1v) is 6.41. The Bertz CT molecular complexity index is 400. The van der Waals surface area contributed by atoms with Crippen molar-refractivity contribution in [3.05, 3.63) is 29.8 Å². The van der Waals surface area contributed by atoms with Crippen molar-refractivity contribution < 1.29 is 4.79 Å². The van der Waals surface area contributed by atoms with E-state index in [1.807, 2.05) is 14.1 Å². The van der Waals surface area contributed by atoms with Crippen molar-refractivity contribution in [1.82, 2.24) is 10.6 Å². The van der Waals surface area contributed by atoms with Crippen molar-refractivity contribution in [3.63, 3.8) is 0 Å². The van der Waals surface area contributed by atoms with Crippen LogP contribution in [-0.4, -0.2) is 39.1 Å². The lowest BCUT2D eigenvalue weighted by atomic mass is 10.0. The third-order valence-corrected chi connectivity index (χ3v) is 3.28. The van der Waals surface area contributed by atoms with Crippen LogP contribution in [0.15, 0.2) is 24.3 Å². The number of piperazine rings is 1. The molecule has 2 N–H and O–H groups in total. The van der Waals surface area contributed by atoms with Gasteiger partial charge in [0, 0.05) is 32.4 Å². The van der Waals surface area contributed by atoms with Gasteiger partial charge in [0.1, 0.15) is 0 Å². The second-order valence-electron chi connectivity index (χ2n) is 4.99. The molecule has 4 nitrogen and oxygen atoms in total. The zero-order valence-electron chi connectivity index (χ0n) is 11.1. The van der Waals surface area contributed by atoms with E-state index in [0.717, 1.165) is 19.4 Å². The van der Waals surface area contributed by atoms with E-state index in [4.69, 9.17) is 0 Å². The largest absolute Gasteiger partial charge is 0.378 e. The molecule has 1 unspecified atom stereocenters. The Morgan fingerprint density at radius 2 is 2.00 bits per heavy atom. The topological polar surface area (TPSA) is 44.4 Å². The van der Waals surface area contributed by atoms with Crippen LogP contribution in [0, 0.1) is 0 Å². The van der Waals surface area contributed by atoms with Crippen LogP contribution in [0.1, 0.15) is 12.0 Å². The van der Waals surface area contributed by atoms with Gasteiger partial charge in [0.25, 0.3) is 0 Å². The zero-order chi connectivity index (χ0) is 13.0. The molecule has 18 heavy (non-hydrogen) atoms. The molecule has 1 aliphatic heterocycles. The van der Waals surface area contributed by atoms with Crippen molar-refractivity contribution in [2.24, 2.45) is 0 Å². The number of anilines is 1. The molecule has 0 aromatic heterocycles. The molecule has 0 aliphatic carbocycles. The standard InChI is InChI=1S/C14H21N3O/c1-17(2)13-7-4-11(5-8-13)3-6-12-9-15-10-14(18)16-12/h4-5,7-8,12,15H,3,6,9-10H2,1-2H3,(H,16,18). The summed E-state index contributed by atoms with van der Waals surface area (Å²) in [6.07, 6.45) is 1.99. The van der Waals surface area contributed by atoms with Crippen LogP contribution in [0.3, 0.4) is 0 Å². The van der Waals surface area contributed by atoms with Crippen LogP contribution < -0.4 is 15.5 Å². The number of carbonyl (C=O) groups is 1. The van der Waals surface area contributed by atoms with Crippen molar-refractivity contribution in [3.8, 4) is 0 Å². The van der Waals surface area contributed by atoms with Gasteiger partial charge in [-0.25, -0.2) is 0 Å². The summed E-state index contributed by atoms with van der Waals surface area (Å²) >= 11 is 0. The minimum atomic E-state index is 0.106. The number of rotatable bonds is 4. The monoisotopic (exact) mass is 247 g/mol. The van der Waals surface area contributed by atoms with Gasteiger partial charge in [0.2, 0.25) is 5.91 Å². The van der Waals surface area contributed by atoms with E-state index in [-0.39, 0.29) is 11.9 Å². The molecule has 0 bridgehead atoms. The second kappa shape index (κ2) is 5.87. The maximum absolute atomic E-state index is 11.2. The average molecular weight is 247 g/mol. The van der Waals surface area contributed by atoms with Gasteiger partial charge in [-0.1, -0.05) is 12.1 Å². The Hall–Kier alpha value is -1.55. The number of nitrogens with one attached hydrogen (secondary N) is 2. The highest BCUT2D eigenvalue weighted by atomic mass is 16.2. The highest BCUT2D eigenvalue weighted by Gasteiger charge is 2.16. The van der Waals surface area contributed by atoms with Crippen molar-refractivity contribution >= 4 is 11.6 Å². The van der Waals surface area contributed by atoms with Crippen LogP contribution in [0.2, 0.25) is 0 Å². The van der Waals surface area contributed by atoms with Gasteiger partial charge in [-0.05, 0) is 30.5 Å². The molecule has 1 aromatic carbocycles. The van der Waals surface area contributed by atoms with Crippen LogP contribution in [0.5, 0.6) is 0 Å². The summed E-state index contributed by atoms with van der Waals surface area (Å²) in [6, 6.07) is 8.85. The SMILES string of the molecule is CN(C)c1ccc(CCC2CNCC(=O)N2)cc1. The molecule has 1 heterocycles. The molecule has 1 aromatic rings. The Labute approximate surface area is 108 Å². The Balaban J connectivity index is 1.84. The molecule has 1 atom stereocenters.